The summed E-state index contributed by atoms with van der Waals surface area (Å²) in [5.41, 5.74) is 0. The van der Waals surface area contributed by atoms with Gasteiger partial charge >= 0.3 is 0 Å². The van der Waals surface area contributed by atoms with Crippen LogP contribution in [0.5, 0.6) is 0 Å². The van der Waals surface area contributed by atoms with Gasteiger partial charge in [0, 0.05) is 52.6 Å². The van der Waals surface area contributed by atoms with Crippen LogP contribution in [0.15, 0.2) is 27.8 Å². The molecule has 1 amide bonds. The number of halogens is 1. The minimum Gasteiger partial charge on any atom is -0.459 e. The van der Waals surface area contributed by atoms with E-state index >= 15 is 0 Å². The lowest BCUT2D eigenvalue weighted by Gasteiger charge is -2.21. The summed E-state index contributed by atoms with van der Waals surface area (Å²) in [5, 5.41) is 9.19. The number of furan rings is 1. The molecule has 1 aliphatic heterocycles. The van der Waals surface area contributed by atoms with Gasteiger partial charge in [-0.2, -0.15) is 0 Å². The summed E-state index contributed by atoms with van der Waals surface area (Å²) in [6.45, 7) is 7.83. The van der Waals surface area contributed by atoms with Crippen LogP contribution in [-0.2, 0) is 9.47 Å². The van der Waals surface area contributed by atoms with Crippen molar-refractivity contribution in [3.63, 3.8) is 0 Å². The summed E-state index contributed by atoms with van der Waals surface area (Å²) in [6.07, 6.45) is 4.57. The molecule has 2 rings (SSSR count). The third-order valence-electron chi connectivity index (χ3n) is 4.20. The Morgan fingerprint density at radius 2 is 2.04 bits per heavy atom. The first kappa shape index (κ1) is 24.7. The van der Waals surface area contributed by atoms with Crippen molar-refractivity contribution >= 4 is 35.8 Å². The highest BCUT2D eigenvalue weighted by Crippen LogP contribution is 2.14. The molecule has 0 aliphatic carbocycles. The Bertz CT molecular complexity index is 548. The van der Waals surface area contributed by atoms with Crippen LogP contribution in [0.3, 0.4) is 0 Å². The summed E-state index contributed by atoms with van der Waals surface area (Å²) in [4.78, 5) is 16.3. The first-order valence-electron chi connectivity index (χ1n) is 9.79. The van der Waals surface area contributed by atoms with Crippen LogP contribution in [0, 0.1) is 5.92 Å². The van der Waals surface area contributed by atoms with Gasteiger partial charge in [0.2, 0.25) is 0 Å². The van der Waals surface area contributed by atoms with Crippen molar-refractivity contribution in [2.75, 3.05) is 52.6 Å². The monoisotopic (exact) mass is 508 g/mol. The molecule has 0 unspecified atom stereocenters. The Balaban J connectivity index is 0.00000392. The molecule has 1 aliphatic rings. The van der Waals surface area contributed by atoms with Crippen LogP contribution in [-0.4, -0.2) is 64.5 Å². The minimum atomic E-state index is -0.217. The van der Waals surface area contributed by atoms with Gasteiger partial charge in [-0.3, -0.25) is 9.79 Å². The first-order chi connectivity index (χ1) is 13.3. The topological polar surface area (TPSA) is 97.1 Å². The molecule has 1 aromatic rings. The predicted octanol–water partition coefficient (Wildman–Crippen LogP) is 2.02. The Hall–Kier alpha value is -1.33. The van der Waals surface area contributed by atoms with Crippen molar-refractivity contribution in [2.45, 2.75) is 26.2 Å². The number of hydrogen-bond donors (Lipinski definition) is 3. The Kier molecular flexibility index (Phi) is 13.7. The molecule has 2 heterocycles. The van der Waals surface area contributed by atoms with Gasteiger partial charge in [-0.1, -0.05) is 0 Å². The van der Waals surface area contributed by atoms with Crippen molar-refractivity contribution in [1.82, 2.24) is 16.0 Å². The van der Waals surface area contributed by atoms with Crippen molar-refractivity contribution in [1.29, 1.82) is 0 Å². The molecule has 0 spiro atoms. The van der Waals surface area contributed by atoms with Gasteiger partial charge in [-0.05, 0) is 44.2 Å². The number of carbonyl (C=O) groups excluding carboxylic acids is 1. The second kappa shape index (κ2) is 15.6. The van der Waals surface area contributed by atoms with Crippen LogP contribution in [0.25, 0.3) is 0 Å². The van der Waals surface area contributed by atoms with Gasteiger partial charge in [-0.25, -0.2) is 0 Å². The number of amides is 1. The van der Waals surface area contributed by atoms with E-state index in [0.717, 1.165) is 58.2 Å². The Morgan fingerprint density at radius 1 is 1.25 bits per heavy atom. The van der Waals surface area contributed by atoms with E-state index in [4.69, 9.17) is 13.9 Å². The maximum absolute atomic E-state index is 11.8. The lowest BCUT2D eigenvalue weighted by atomic mass is 10.0. The number of nitrogens with one attached hydrogen (secondary N) is 3. The molecular weight excluding hydrogens is 475 g/mol. The standard InChI is InChI=1S/C19H32N4O4.HI/c1-2-20-19(23-10-9-21-18(24)17-5-3-12-27-17)22-8-4-11-26-15-16-6-13-25-14-7-16;/h3,5,12,16H,2,4,6-11,13-15H2,1H3,(H,21,24)(H2,20,22,23);1H. The van der Waals surface area contributed by atoms with Gasteiger partial charge in [0.05, 0.1) is 6.26 Å². The van der Waals surface area contributed by atoms with Crippen LogP contribution < -0.4 is 16.0 Å². The van der Waals surface area contributed by atoms with E-state index < -0.39 is 0 Å². The molecule has 8 nitrogen and oxygen atoms in total. The minimum absolute atomic E-state index is 0. The number of aliphatic imine (C=N–C) groups is 1. The largest absolute Gasteiger partial charge is 0.459 e. The number of hydrogen-bond acceptors (Lipinski definition) is 5. The van der Waals surface area contributed by atoms with E-state index in [-0.39, 0.29) is 29.9 Å². The average Bonchev–Trinajstić information content (AvgIpc) is 3.23. The fourth-order valence-corrected chi connectivity index (χ4v) is 2.71. The lowest BCUT2D eigenvalue weighted by molar-refractivity contribution is 0.0205. The van der Waals surface area contributed by atoms with Crippen molar-refractivity contribution in [3.8, 4) is 0 Å². The van der Waals surface area contributed by atoms with E-state index in [2.05, 4.69) is 20.9 Å². The van der Waals surface area contributed by atoms with Gasteiger partial charge in [0.1, 0.15) is 0 Å². The zero-order chi connectivity index (χ0) is 19.2. The maximum Gasteiger partial charge on any atom is 0.287 e. The van der Waals surface area contributed by atoms with E-state index in [0.29, 0.717) is 31.3 Å². The smallest absolute Gasteiger partial charge is 0.287 e. The fourth-order valence-electron chi connectivity index (χ4n) is 2.71. The molecule has 0 saturated carbocycles. The highest BCUT2D eigenvalue weighted by atomic mass is 127. The molecule has 0 atom stereocenters. The van der Waals surface area contributed by atoms with E-state index in [1.165, 1.54) is 6.26 Å². The van der Waals surface area contributed by atoms with Crippen LogP contribution >= 0.6 is 24.0 Å². The maximum atomic E-state index is 11.8. The Morgan fingerprint density at radius 3 is 2.75 bits per heavy atom. The van der Waals surface area contributed by atoms with Gasteiger partial charge in [-0.15, -0.1) is 24.0 Å². The number of nitrogens with zero attached hydrogens (tertiary/aromatic N) is 1. The van der Waals surface area contributed by atoms with E-state index in [1.54, 1.807) is 12.1 Å². The Labute approximate surface area is 184 Å². The third-order valence-corrected chi connectivity index (χ3v) is 4.20. The van der Waals surface area contributed by atoms with Crippen molar-refractivity contribution < 1.29 is 18.7 Å². The molecule has 0 radical (unpaired) electrons. The summed E-state index contributed by atoms with van der Waals surface area (Å²) in [7, 11) is 0. The van der Waals surface area contributed by atoms with Crippen LogP contribution in [0.1, 0.15) is 36.7 Å². The van der Waals surface area contributed by atoms with Crippen molar-refractivity contribution in [2.24, 2.45) is 10.9 Å². The molecule has 1 aromatic heterocycles. The number of guanidine groups is 1. The number of rotatable bonds is 11. The number of carbonyl (C=O) groups is 1. The molecular formula is C19H33IN4O4. The molecule has 1 saturated heterocycles. The SMILES string of the molecule is CCNC(=NCCCOCC1CCOCC1)NCCNC(=O)c1ccco1.I. The highest BCUT2D eigenvalue weighted by molar-refractivity contribution is 14.0. The van der Waals surface area contributed by atoms with Crippen LogP contribution in [0.2, 0.25) is 0 Å². The number of ether oxygens (including phenoxy) is 2. The zero-order valence-electron chi connectivity index (χ0n) is 16.6. The fraction of sp³-hybridized carbons (Fsp3) is 0.684. The second-order valence-corrected chi connectivity index (χ2v) is 6.40. The van der Waals surface area contributed by atoms with E-state index in [9.17, 15) is 4.79 Å². The first-order valence-corrected chi connectivity index (χ1v) is 9.79. The van der Waals surface area contributed by atoms with Crippen molar-refractivity contribution in [3.05, 3.63) is 24.2 Å². The third kappa shape index (κ3) is 10.3. The van der Waals surface area contributed by atoms with Gasteiger partial charge in [0.15, 0.2) is 11.7 Å². The molecule has 0 bridgehead atoms. The highest BCUT2D eigenvalue weighted by Gasteiger charge is 2.13. The second-order valence-electron chi connectivity index (χ2n) is 6.40. The lowest BCUT2D eigenvalue weighted by Crippen LogP contribution is -2.41. The predicted molar refractivity (Wildman–Crippen MR) is 119 cm³/mol. The molecule has 9 heteroatoms. The normalized spacial score (nSPS) is 15.0. The quantitative estimate of drug-likeness (QED) is 0.183. The molecule has 3 N–H and O–H groups in total. The average molecular weight is 508 g/mol. The molecule has 0 aromatic carbocycles. The summed E-state index contributed by atoms with van der Waals surface area (Å²) in [6, 6.07) is 3.33. The summed E-state index contributed by atoms with van der Waals surface area (Å²) in [5.74, 6) is 1.48. The molecule has 1 fully saturated rings. The summed E-state index contributed by atoms with van der Waals surface area (Å²) < 4.78 is 16.2. The zero-order valence-corrected chi connectivity index (χ0v) is 18.9. The molecule has 28 heavy (non-hydrogen) atoms. The van der Waals surface area contributed by atoms with E-state index in [1.807, 2.05) is 6.92 Å². The summed E-state index contributed by atoms with van der Waals surface area (Å²) >= 11 is 0. The van der Waals surface area contributed by atoms with Gasteiger partial charge < -0.3 is 29.8 Å². The van der Waals surface area contributed by atoms with Crippen LogP contribution in [0.4, 0.5) is 0 Å². The molecule has 160 valence electrons. The van der Waals surface area contributed by atoms with Gasteiger partial charge in [0.25, 0.3) is 5.91 Å².